The molecule has 0 saturated heterocycles. The van der Waals surface area contributed by atoms with Crippen LogP contribution in [0.15, 0.2) is 0 Å². The summed E-state index contributed by atoms with van der Waals surface area (Å²) in [5.41, 5.74) is -4.06. The summed E-state index contributed by atoms with van der Waals surface area (Å²) >= 11 is 0. The normalized spacial score (nSPS) is 12.4. The van der Waals surface area contributed by atoms with E-state index in [9.17, 15) is 34.2 Å². The lowest BCUT2D eigenvalue weighted by Crippen LogP contribution is -2.60. The van der Waals surface area contributed by atoms with Gasteiger partial charge in [0.25, 0.3) is 0 Å². The van der Waals surface area contributed by atoms with Crippen LogP contribution in [0.1, 0.15) is 131 Å². The van der Waals surface area contributed by atoms with Crippen LogP contribution in [0, 0.1) is 5.41 Å². The van der Waals surface area contributed by atoms with Crippen molar-refractivity contribution in [1.29, 1.82) is 0 Å². The molecule has 0 aliphatic carbocycles. The highest BCUT2D eigenvalue weighted by atomic mass is 16.5. The molecule has 0 aliphatic rings. The summed E-state index contributed by atoms with van der Waals surface area (Å²) in [6.45, 7) is 9.71. The number of hydrogen-bond acceptors (Lipinski definition) is 8. The van der Waals surface area contributed by atoms with Crippen molar-refractivity contribution in [3.05, 3.63) is 0 Å². The first-order valence-corrected chi connectivity index (χ1v) is 15.1. The number of carbonyl (C=O) groups excluding carboxylic acids is 2. The van der Waals surface area contributed by atoms with E-state index in [4.69, 9.17) is 19.3 Å². The first-order chi connectivity index (χ1) is 19.4. The molecular weight excluding hydrogens is 536 g/mol. The number of ether oxygens (including phenoxy) is 3. The molecule has 0 saturated carbocycles. The van der Waals surface area contributed by atoms with Gasteiger partial charge in [-0.1, -0.05) is 66.2 Å². The summed E-state index contributed by atoms with van der Waals surface area (Å²) in [7, 11) is 0. The van der Waals surface area contributed by atoms with Gasteiger partial charge in [0.15, 0.2) is 5.60 Å². The van der Waals surface area contributed by atoms with E-state index in [0.29, 0.717) is 26.1 Å². The molecule has 0 aromatic rings. The van der Waals surface area contributed by atoms with Gasteiger partial charge in [0.05, 0.1) is 19.6 Å². The van der Waals surface area contributed by atoms with Crippen LogP contribution in [0.4, 0.5) is 0 Å². The van der Waals surface area contributed by atoms with Crippen LogP contribution in [-0.4, -0.2) is 70.6 Å². The second-order valence-electron chi connectivity index (χ2n) is 10.00. The molecule has 0 spiro atoms. The lowest BCUT2D eigenvalue weighted by Gasteiger charge is -2.42. The quantitative estimate of drug-likeness (QED) is 0.0887. The first-order valence-electron chi connectivity index (χ1n) is 15.1. The molecule has 11 heteroatoms. The van der Waals surface area contributed by atoms with Crippen molar-refractivity contribution >= 4 is 29.8 Å². The lowest BCUT2D eigenvalue weighted by atomic mass is 9.66. The molecule has 0 heterocycles. The number of aliphatic carboxylic acids is 3. The van der Waals surface area contributed by atoms with Gasteiger partial charge in [-0.2, -0.15) is 0 Å². The van der Waals surface area contributed by atoms with E-state index in [1.165, 1.54) is 20.8 Å². The van der Waals surface area contributed by atoms with E-state index in [1.54, 1.807) is 0 Å². The average Bonchev–Trinajstić information content (AvgIpc) is 2.91. The molecule has 11 nitrogen and oxygen atoms in total. The van der Waals surface area contributed by atoms with Crippen LogP contribution < -0.4 is 0 Å². The van der Waals surface area contributed by atoms with E-state index in [0.717, 1.165) is 64.2 Å². The number of carboxylic acids is 3. The van der Waals surface area contributed by atoms with E-state index < -0.39 is 35.3 Å². The van der Waals surface area contributed by atoms with E-state index in [2.05, 4.69) is 13.8 Å². The highest BCUT2D eigenvalue weighted by molar-refractivity contribution is 5.92. The highest BCUT2D eigenvalue weighted by Gasteiger charge is 2.62. The molecule has 1 unspecified atom stereocenters. The third-order valence-electron chi connectivity index (χ3n) is 7.06. The summed E-state index contributed by atoms with van der Waals surface area (Å²) in [6, 6.07) is 0. The molecule has 0 rings (SSSR count). The smallest absolute Gasteiger partial charge is 0.337 e. The third-order valence-corrected chi connectivity index (χ3v) is 7.06. The summed E-state index contributed by atoms with van der Waals surface area (Å²) < 4.78 is 15.4. The fourth-order valence-electron chi connectivity index (χ4n) is 4.51. The van der Waals surface area contributed by atoms with Gasteiger partial charge in [-0.25, -0.2) is 4.79 Å². The van der Waals surface area contributed by atoms with Gasteiger partial charge in [-0.3, -0.25) is 19.2 Å². The van der Waals surface area contributed by atoms with Gasteiger partial charge in [0.2, 0.25) is 0 Å². The molecule has 0 aliphatic heterocycles. The zero-order valence-corrected chi connectivity index (χ0v) is 25.8. The maximum Gasteiger partial charge on any atom is 0.337 e. The number of hydrogen-bond donors (Lipinski definition) is 3. The Hall–Kier alpha value is -2.69. The standard InChI is InChI=1S/C18H34O4.C12H20O7/c1-3-5-15-21-17(19)13-11-9-7-8-10-12-14-18(20)22-16-6-4-2;1-4-11(5-2,9(15)16)12(10(17)18,19-6-3)7-8(13)14/h3-16H2,1-2H3;4-7H2,1-3H3,(H,13,14)(H,15,16)(H,17,18). The Morgan fingerprint density at radius 2 is 1.00 bits per heavy atom. The van der Waals surface area contributed by atoms with Crippen molar-refractivity contribution in [2.75, 3.05) is 19.8 Å². The molecule has 0 aromatic carbocycles. The van der Waals surface area contributed by atoms with Crippen LogP contribution in [0.5, 0.6) is 0 Å². The van der Waals surface area contributed by atoms with E-state index in [-0.39, 0.29) is 31.4 Å². The van der Waals surface area contributed by atoms with Crippen LogP contribution in [0.2, 0.25) is 0 Å². The van der Waals surface area contributed by atoms with Crippen molar-refractivity contribution in [1.82, 2.24) is 0 Å². The van der Waals surface area contributed by atoms with Crippen molar-refractivity contribution in [3.8, 4) is 0 Å². The Kier molecular flexibility index (Phi) is 23.6. The van der Waals surface area contributed by atoms with Crippen molar-refractivity contribution in [2.45, 2.75) is 137 Å². The molecule has 0 amide bonds. The number of unbranched alkanes of at least 4 members (excludes halogenated alkanes) is 7. The number of carboxylic acid groups (broad SMARTS) is 3. The van der Waals surface area contributed by atoms with Gasteiger partial charge in [-0.15, -0.1) is 0 Å². The summed E-state index contributed by atoms with van der Waals surface area (Å²) in [5, 5.41) is 27.7. The second-order valence-corrected chi connectivity index (χ2v) is 10.00. The zero-order chi connectivity index (χ0) is 31.7. The van der Waals surface area contributed by atoms with Crippen molar-refractivity contribution in [2.24, 2.45) is 5.41 Å². The first kappa shape index (κ1) is 40.4. The number of rotatable bonds is 24. The minimum absolute atomic E-state index is 0.0432. The number of esters is 2. The second kappa shape index (κ2) is 24.0. The van der Waals surface area contributed by atoms with E-state index >= 15 is 0 Å². The predicted molar refractivity (Wildman–Crippen MR) is 154 cm³/mol. The Balaban J connectivity index is 0. The molecule has 0 bridgehead atoms. The van der Waals surface area contributed by atoms with Gasteiger partial charge < -0.3 is 29.5 Å². The van der Waals surface area contributed by atoms with Crippen LogP contribution in [0.3, 0.4) is 0 Å². The van der Waals surface area contributed by atoms with Gasteiger partial charge in [-0.05, 0) is 45.4 Å². The Morgan fingerprint density at radius 3 is 1.29 bits per heavy atom. The summed E-state index contributed by atoms with van der Waals surface area (Å²) in [6.07, 6.45) is 10.3. The lowest BCUT2D eigenvalue weighted by molar-refractivity contribution is -0.205. The van der Waals surface area contributed by atoms with Crippen LogP contribution in [-0.2, 0) is 38.2 Å². The predicted octanol–water partition coefficient (Wildman–Crippen LogP) is 6.01. The maximum atomic E-state index is 11.6. The highest BCUT2D eigenvalue weighted by Crippen LogP contribution is 2.44. The number of carbonyl (C=O) groups is 5. The Bertz CT molecular complexity index is 734. The summed E-state index contributed by atoms with van der Waals surface area (Å²) in [5.74, 6) is -4.48. The Labute approximate surface area is 245 Å². The zero-order valence-electron chi connectivity index (χ0n) is 25.8. The molecular formula is C30H54O11. The molecule has 3 N–H and O–H groups in total. The van der Waals surface area contributed by atoms with Crippen molar-refractivity contribution < 1.29 is 53.5 Å². The average molecular weight is 591 g/mol. The minimum atomic E-state index is -2.27. The minimum Gasteiger partial charge on any atom is -0.481 e. The molecule has 0 fully saturated rings. The molecule has 1 atom stereocenters. The molecule has 41 heavy (non-hydrogen) atoms. The summed E-state index contributed by atoms with van der Waals surface area (Å²) in [4.78, 5) is 56.8. The van der Waals surface area contributed by atoms with Gasteiger partial charge in [0, 0.05) is 19.4 Å². The monoisotopic (exact) mass is 590 g/mol. The largest absolute Gasteiger partial charge is 0.481 e. The Morgan fingerprint density at radius 1 is 0.585 bits per heavy atom. The molecule has 0 radical (unpaired) electrons. The van der Waals surface area contributed by atoms with Gasteiger partial charge in [0.1, 0.15) is 5.41 Å². The maximum absolute atomic E-state index is 11.6. The van der Waals surface area contributed by atoms with E-state index in [1.807, 2.05) is 0 Å². The van der Waals surface area contributed by atoms with Gasteiger partial charge >= 0.3 is 29.8 Å². The van der Waals surface area contributed by atoms with Crippen molar-refractivity contribution in [3.63, 3.8) is 0 Å². The fourth-order valence-corrected chi connectivity index (χ4v) is 4.51. The van der Waals surface area contributed by atoms with Crippen LogP contribution in [0.25, 0.3) is 0 Å². The fraction of sp³-hybridized carbons (Fsp3) is 0.833. The molecule has 240 valence electrons. The van der Waals surface area contributed by atoms with Crippen LogP contribution >= 0.6 is 0 Å². The third kappa shape index (κ3) is 15.8. The SMILES string of the molecule is CCCCOC(=O)CCCCCCCCC(=O)OCCCC.CCOC(CC(=O)O)(C(=O)O)C(CC)(CC)C(=O)O. The topological polar surface area (TPSA) is 174 Å². The molecule has 0 aromatic heterocycles.